The van der Waals surface area contributed by atoms with Crippen LogP contribution < -0.4 is 14.4 Å². The van der Waals surface area contributed by atoms with E-state index in [1.165, 1.54) is 30.6 Å². The minimum atomic E-state index is -4.02. The van der Waals surface area contributed by atoms with E-state index in [0.29, 0.717) is 22.5 Å². The Morgan fingerprint density at radius 3 is 2.58 bits per heavy atom. The Morgan fingerprint density at radius 1 is 1.18 bits per heavy atom. The van der Waals surface area contributed by atoms with Gasteiger partial charge in [-0.2, -0.15) is 0 Å². The van der Waals surface area contributed by atoms with Crippen LogP contribution in [0.25, 0.3) is 0 Å². The average Bonchev–Trinajstić information content (AvgIpc) is 3.23. The van der Waals surface area contributed by atoms with Gasteiger partial charge in [0, 0.05) is 11.8 Å². The van der Waals surface area contributed by atoms with E-state index in [9.17, 15) is 13.2 Å². The SMILES string of the molecule is COc1cccc(N(CC(=O)Nc2nnc(SCC(C)C)s2)S(=O)(=O)c2ccc(C)cc2)c1. The Labute approximate surface area is 202 Å². The number of nitrogens with one attached hydrogen (secondary N) is 1. The maximum Gasteiger partial charge on any atom is 0.264 e. The molecule has 0 saturated heterocycles. The first-order valence-electron chi connectivity index (χ1n) is 10.2. The van der Waals surface area contributed by atoms with Crippen molar-refractivity contribution in [2.45, 2.75) is 30.0 Å². The molecule has 1 aromatic heterocycles. The summed E-state index contributed by atoms with van der Waals surface area (Å²) in [4.78, 5) is 12.9. The molecule has 8 nitrogen and oxygen atoms in total. The van der Waals surface area contributed by atoms with Gasteiger partial charge in [-0.05, 0) is 37.1 Å². The maximum atomic E-state index is 13.5. The van der Waals surface area contributed by atoms with Crippen molar-refractivity contribution in [2.75, 3.05) is 29.0 Å². The van der Waals surface area contributed by atoms with Gasteiger partial charge in [0.1, 0.15) is 12.3 Å². The van der Waals surface area contributed by atoms with Crippen molar-refractivity contribution in [3.05, 3.63) is 54.1 Å². The summed E-state index contributed by atoms with van der Waals surface area (Å²) < 4.78 is 34.0. The first-order chi connectivity index (χ1) is 15.7. The van der Waals surface area contributed by atoms with Gasteiger partial charge in [-0.15, -0.1) is 10.2 Å². The van der Waals surface area contributed by atoms with Crippen LogP contribution in [0.5, 0.6) is 5.75 Å². The Bertz CT molecular complexity index is 1190. The summed E-state index contributed by atoms with van der Waals surface area (Å²) in [5, 5.41) is 11.1. The summed E-state index contributed by atoms with van der Waals surface area (Å²) in [6.45, 7) is 5.66. The third-order valence-electron chi connectivity index (χ3n) is 4.43. The fraction of sp³-hybridized carbons (Fsp3) is 0.318. The predicted octanol–water partition coefficient (Wildman–Crippen LogP) is 4.44. The number of aryl methyl sites for hydroxylation is 1. The Balaban J connectivity index is 1.85. The number of amides is 1. The lowest BCUT2D eigenvalue weighted by Crippen LogP contribution is -2.38. The van der Waals surface area contributed by atoms with E-state index >= 15 is 0 Å². The molecule has 3 aromatic rings. The fourth-order valence-corrected chi connectivity index (χ4v) is 5.92. The van der Waals surface area contributed by atoms with Gasteiger partial charge < -0.3 is 4.74 Å². The number of methoxy groups -OCH3 is 1. The molecule has 1 N–H and O–H groups in total. The van der Waals surface area contributed by atoms with Crippen LogP contribution in [0.15, 0.2) is 57.8 Å². The van der Waals surface area contributed by atoms with Crippen LogP contribution in [0.2, 0.25) is 0 Å². The Kier molecular flexibility index (Phi) is 8.33. The molecule has 1 amide bonds. The van der Waals surface area contributed by atoms with Gasteiger partial charge in [0.2, 0.25) is 11.0 Å². The molecule has 0 fully saturated rings. The number of nitrogens with zero attached hydrogens (tertiary/aromatic N) is 3. The Hall–Kier alpha value is -2.63. The van der Waals surface area contributed by atoms with E-state index in [2.05, 4.69) is 29.4 Å². The molecule has 11 heteroatoms. The fourth-order valence-electron chi connectivity index (χ4n) is 2.76. The second-order valence-corrected chi connectivity index (χ2v) is 11.8. The third kappa shape index (κ3) is 6.68. The van der Waals surface area contributed by atoms with Gasteiger partial charge in [0.25, 0.3) is 10.0 Å². The molecule has 2 aromatic carbocycles. The summed E-state index contributed by atoms with van der Waals surface area (Å²) in [6, 6.07) is 13.1. The van der Waals surface area contributed by atoms with Crippen molar-refractivity contribution in [2.24, 2.45) is 5.92 Å². The lowest BCUT2D eigenvalue weighted by atomic mass is 10.2. The zero-order valence-electron chi connectivity index (χ0n) is 18.8. The zero-order chi connectivity index (χ0) is 24.0. The summed E-state index contributed by atoms with van der Waals surface area (Å²) >= 11 is 2.83. The molecule has 3 rings (SSSR count). The highest BCUT2D eigenvalue weighted by atomic mass is 32.2. The number of anilines is 2. The highest BCUT2D eigenvalue weighted by Gasteiger charge is 2.28. The van der Waals surface area contributed by atoms with Crippen LogP contribution in [-0.2, 0) is 14.8 Å². The maximum absolute atomic E-state index is 13.5. The van der Waals surface area contributed by atoms with E-state index in [4.69, 9.17) is 4.74 Å². The van der Waals surface area contributed by atoms with E-state index < -0.39 is 22.5 Å². The van der Waals surface area contributed by atoms with Crippen molar-refractivity contribution in [1.29, 1.82) is 0 Å². The van der Waals surface area contributed by atoms with Gasteiger partial charge in [-0.25, -0.2) is 8.42 Å². The monoisotopic (exact) mass is 506 g/mol. The zero-order valence-corrected chi connectivity index (χ0v) is 21.3. The smallest absolute Gasteiger partial charge is 0.264 e. The average molecular weight is 507 g/mol. The number of rotatable bonds is 10. The largest absolute Gasteiger partial charge is 0.497 e. The van der Waals surface area contributed by atoms with E-state index in [1.807, 2.05) is 6.92 Å². The number of ether oxygens (including phenoxy) is 1. The van der Waals surface area contributed by atoms with Gasteiger partial charge in [-0.1, -0.05) is 60.7 Å². The van der Waals surface area contributed by atoms with Crippen LogP contribution in [0.3, 0.4) is 0 Å². The molecule has 0 aliphatic rings. The quantitative estimate of drug-likeness (QED) is 0.320. The molecular formula is C22H26N4O4S3. The summed E-state index contributed by atoms with van der Waals surface area (Å²) in [5.41, 5.74) is 1.25. The lowest BCUT2D eigenvalue weighted by molar-refractivity contribution is -0.114. The van der Waals surface area contributed by atoms with Crippen molar-refractivity contribution >= 4 is 49.8 Å². The number of benzene rings is 2. The number of carbonyl (C=O) groups is 1. The van der Waals surface area contributed by atoms with Crippen molar-refractivity contribution in [1.82, 2.24) is 10.2 Å². The minimum Gasteiger partial charge on any atom is -0.497 e. The first-order valence-corrected chi connectivity index (χ1v) is 13.4. The summed E-state index contributed by atoms with van der Waals surface area (Å²) in [5.74, 6) is 1.35. The van der Waals surface area contributed by atoms with Crippen molar-refractivity contribution in [3.63, 3.8) is 0 Å². The minimum absolute atomic E-state index is 0.0898. The molecule has 1 heterocycles. The first kappa shape index (κ1) is 25.0. The van der Waals surface area contributed by atoms with Gasteiger partial charge in [0.15, 0.2) is 4.34 Å². The highest BCUT2D eigenvalue weighted by Crippen LogP contribution is 2.29. The van der Waals surface area contributed by atoms with E-state index in [0.717, 1.165) is 20.0 Å². The van der Waals surface area contributed by atoms with E-state index in [1.54, 1.807) is 48.2 Å². The summed E-state index contributed by atoms with van der Waals surface area (Å²) in [6.07, 6.45) is 0. The third-order valence-corrected chi connectivity index (χ3v) is 8.62. The standard InChI is InChI=1S/C22H26N4O4S3/c1-15(2)14-31-22-25-24-21(32-22)23-20(27)13-26(17-6-5-7-18(12-17)30-4)33(28,29)19-10-8-16(3)9-11-19/h5-12,15H,13-14H2,1-4H3,(H,23,24,27). The van der Waals surface area contributed by atoms with Crippen LogP contribution in [-0.4, -0.2) is 43.9 Å². The molecule has 0 saturated carbocycles. The van der Waals surface area contributed by atoms with Crippen LogP contribution in [0, 0.1) is 12.8 Å². The lowest BCUT2D eigenvalue weighted by Gasteiger charge is -2.24. The number of aromatic nitrogens is 2. The normalized spacial score (nSPS) is 11.4. The van der Waals surface area contributed by atoms with Gasteiger partial charge >= 0.3 is 0 Å². The molecule has 0 aliphatic carbocycles. The van der Waals surface area contributed by atoms with Crippen molar-refractivity contribution in [3.8, 4) is 5.75 Å². The number of thioether (sulfide) groups is 1. The van der Waals surface area contributed by atoms with Crippen LogP contribution >= 0.6 is 23.1 Å². The summed E-state index contributed by atoms with van der Waals surface area (Å²) in [7, 11) is -2.52. The molecule has 33 heavy (non-hydrogen) atoms. The molecule has 0 unspecified atom stereocenters. The Morgan fingerprint density at radius 2 is 1.91 bits per heavy atom. The number of hydrogen-bond donors (Lipinski definition) is 1. The molecule has 0 atom stereocenters. The van der Waals surface area contributed by atoms with Crippen LogP contribution in [0.4, 0.5) is 10.8 Å². The number of hydrogen-bond acceptors (Lipinski definition) is 8. The number of sulfonamides is 1. The molecular weight excluding hydrogens is 480 g/mol. The van der Waals surface area contributed by atoms with Gasteiger partial charge in [-0.3, -0.25) is 14.4 Å². The molecule has 0 aliphatic heterocycles. The van der Waals surface area contributed by atoms with Crippen molar-refractivity contribution < 1.29 is 17.9 Å². The molecule has 0 radical (unpaired) electrons. The highest BCUT2D eigenvalue weighted by molar-refractivity contribution is 8.01. The van der Waals surface area contributed by atoms with Crippen LogP contribution in [0.1, 0.15) is 19.4 Å². The van der Waals surface area contributed by atoms with Gasteiger partial charge in [0.05, 0.1) is 17.7 Å². The predicted molar refractivity (Wildman–Crippen MR) is 133 cm³/mol. The number of carbonyl (C=O) groups excluding carboxylic acids is 1. The molecule has 0 bridgehead atoms. The second kappa shape index (κ2) is 11.0. The molecule has 0 spiro atoms. The molecule has 176 valence electrons. The van der Waals surface area contributed by atoms with E-state index in [-0.39, 0.29) is 4.90 Å². The topological polar surface area (TPSA) is 101 Å². The second-order valence-electron chi connectivity index (χ2n) is 7.65.